The first-order valence-corrected chi connectivity index (χ1v) is 9.98. The molecule has 5 rings (SSSR count). The Kier molecular flexibility index (Phi) is 4.30. The number of ether oxygens (including phenoxy) is 1. The predicted octanol–water partition coefficient (Wildman–Crippen LogP) is 1.44. The summed E-state index contributed by atoms with van der Waals surface area (Å²) in [5.74, 6) is 1.35. The van der Waals surface area contributed by atoms with Crippen molar-refractivity contribution >= 4 is 29.2 Å². The van der Waals surface area contributed by atoms with E-state index in [1.807, 2.05) is 4.90 Å². The molecular weight excluding hydrogens is 391 g/mol. The molecule has 1 saturated carbocycles. The summed E-state index contributed by atoms with van der Waals surface area (Å²) in [4.78, 5) is 26.6. The van der Waals surface area contributed by atoms with E-state index >= 15 is 0 Å². The summed E-state index contributed by atoms with van der Waals surface area (Å²) < 4.78 is 20.1. The number of carbonyl (C=O) groups excluding carboxylic acids is 2. The topological polar surface area (TPSA) is 117 Å². The lowest BCUT2D eigenvalue weighted by atomic mass is 10.1. The van der Waals surface area contributed by atoms with Crippen molar-refractivity contribution in [1.29, 1.82) is 0 Å². The molecule has 0 radical (unpaired) electrons. The van der Waals surface area contributed by atoms with Crippen LogP contribution in [-0.4, -0.2) is 54.5 Å². The minimum Gasteiger partial charge on any atom is -0.442 e. The molecule has 1 aliphatic carbocycles. The number of nitrogen functional groups attached to an aromatic ring is 1. The maximum absolute atomic E-state index is 14.9. The molecule has 3 fully saturated rings. The predicted molar refractivity (Wildman–Crippen MR) is 108 cm³/mol. The van der Waals surface area contributed by atoms with Gasteiger partial charge in [0.05, 0.1) is 30.7 Å². The molecule has 1 aromatic heterocycles. The van der Waals surface area contributed by atoms with Crippen LogP contribution in [0.5, 0.6) is 0 Å². The summed E-state index contributed by atoms with van der Waals surface area (Å²) >= 11 is 0. The number of nitrogens with one attached hydrogen (secondary N) is 2. The molecule has 30 heavy (non-hydrogen) atoms. The number of benzene rings is 1. The van der Waals surface area contributed by atoms with Gasteiger partial charge in [-0.2, -0.15) is 5.10 Å². The van der Waals surface area contributed by atoms with Crippen LogP contribution in [0.2, 0.25) is 0 Å². The van der Waals surface area contributed by atoms with Gasteiger partial charge in [-0.05, 0) is 36.0 Å². The zero-order valence-corrected chi connectivity index (χ0v) is 16.5. The number of aromatic nitrogens is 2. The van der Waals surface area contributed by atoms with Crippen LogP contribution in [0.4, 0.5) is 26.4 Å². The van der Waals surface area contributed by atoms with E-state index in [2.05, 4.69) is 15.5 Å². The number of hydrogen-bond acceptors (Lipinski definition) is 6. The molecule has 2 aromatic rings. The van der Waals surface area contributed by atoms with Gasteiger partial charge in [0.25, 0.3) is 0 Å². The molecule has 1 aromatic carbocycles. The number of aromatic amines is 1. The number of H-pyrrole nitrogens is 1. The molecule has 2 aliphatic heterocycles. The van der Waals surface area contributed by atoms with Gasteiger partial charge in [-0.1, -0.05) is 0 Å². The number of carbonyl (C=O) groups is 2. The molecule has 2 amide bonds. The lowest BCUT2D eigenvalue weighted by Gasteiger charge is -2.23. The number of piperidine rings is 1. The molecule has 10 heteroatoms. The molecule has 0 bridgehead atoms. The fourth-order valence-electron chi connectivity index (χ4n) is 4.77. The Balaban J connectivity index is 1.24. The van der Waals surface area contributed by atoms with E-state index in [1.54, 1.807) is 18.3 Å². The van der Waals surface area contributed by atoms with E-state index in [-0.39, 0.29) is 24.8 Å². The van der Waals surface area contributed by atoms with Gasteiger partial charge in [0.15, 0.2) is 0 Å². The molecule has 0 spiro atoms. The molecule has 4 atom stereocenters. The highest BCUT2D eigenvalue weighted by molar-refractivity contribution is 5.90. The third-order valence-electron chi connectivity index (χ3n) is 6.29. The Labute approximate surface area is 172 Å². The molecule has 1 unspecified atom stereocenters. The van der Waals surface area contributed by atoms with Crippen LogP contribution in [0.1, 0.15) is 18.4 Å². The van der Waals surface area contributed by atoms with Gasteiger partial charge in [-0.3, -0.25) is 14.8 Å². The van der Waals surface area contributed by atoms with Crippen LogP contribution < -0.4 is 20.9 Å². The van der Waals surface area contributed by atoms with Crippen molar-refractivity contribution in [2.24, 2.45) is 11.8 Å². The van der Waals surface area contributed by atoms with Crippen molar-refractivity contribution in [2.75, 3.05) is 41.7 Å². The SMILES string of the molecule is CC(=O)NC[C@H]1CN(c2ccc(N3C[C@@H]4C(c5cn[nH]c5N)[C@@H]4C3)c(F)c2)C(=O)O1. The maximum Gasteiger partial charge on any atom is 0.414 e. The minimum atomic E-state index is -0.541. The van der Waals surface area contributed by atoms with Crippen LogP contribution >= 0.6 is 0 Å². The van der Waals surface area contributed by atoms with Crippen LogP contribution in [-0.2, 0) is 9.53 Å². The van der Waals surface area contributed by atoms with Crippen molar-refractivity contribution in [3.05, 3.63) is 35.8 Å². The van der Waals surface area contributed by atoms with Gasteiger partial charge in [0.1, 0.15) is 17.7 Å². The van der Waals surface area contributed by atoms with Crippen molar-refractivity contribution in [3.8, 4) is 0 Å². The standard InChI is InChI=1S/C20H23FN6O3/c1-10(28)23-5-12-7-27(20(29)30-12)11-2-3-17(16(21)4-11)26-8-14-15(9-26)18(14)13-6-24-25-19(13)22/h2-4,6,12,14-15,18H,5,7-9H2,1H3,(H,23,28)(H3,22,24,25)/t12-,14-,15+,18?/m0/s1. The molecular formula is C20H23FN6O3. The lowest BCUT2D eigenvalue weighted by Crippen LogP contribution is -2.33. The summed E-state index contributed by atoms with van der Waals surface area (Å²) in [5.41, 5.74) is 7.97. The molecule has 3 heterocycles. The summed E-state index contributed by atoms with van der Waals surface area (Å²) in [5, 5.41) is 9.39. The van der Waals surface area contributed by atoms with E-state index in [0.29, 0.717) is 34.9 Å². The first-order chi connectivity index (χ1) is 14.4. The van der Waals surface area contributed by atoms with Crippen LogP contribution in [0, 0.1) is 17.7 Å². The molecule has 158 valence electrons. The normalized spacial score (nSPS) is 27.2. The van der Waals surface area contributed by atoms with Crippen LogP contribution in [0.25, 0.3) is 0 Å². The quantitative estimate of drug-likeness (QED) is 0.682. The first kappa shape index (κ1) is 18.7. The van der Waals surface area contributed by atoms with Gasteiger partial charge in [-0.15, -0.1) is 0 Å². The summed E-state index contributed by atoms with van der Waals surface area (Å²) in [6.07, 6.45) is 0.786. The van der Waals surface area contributed by atoms with E-state index < -0.39 is 12.2 Å². The lowest BCUT2D eigenvalue weighted by molar-refractivity contribution is -0.119. The first-order valence-electron chi connectivity index (χ1n) is 9.98. The second kappa shape index (κ2) is 6.89. The highest BCUT2D eigenvalue weighted by Gasteiger charge is 2.57. The Bertz CT molecular complexity index is 998. The van der Waals surface area contributed by atoms with E-state index in [1.165, 1.54) is 17.9 Å². The molecule has 9 nitrogen and oxygen atoms in total. The Morgan fingerprint density at radius 1 is 1.37 bits per heavy atom. The zero-order valence-electron chi connectivity index (χ0n) is 16.5. The fourth-order valence-corrected chi connectivity index (χ4v) is 4.77. The van der Waals surface area contributed by atoms with Gasteiger partial charge >= 0.3 is 6.09 Å². The second-order valence-corrected chi connectivity index (χ2v) is 8.19. The van der Waals surface area contributed by atoms with E-state index in [9.17, 15) is 14.0 Å². The largest absolute Gasteiger partial charge is 0.442 e. The number of rotatable bonds is 5. The van der Waals surface area contributed by atoms with Crippen molar-refractivity contribution in [2.45, 2.75) is 18.9 Å². The molecule has 3 aliphatic rings. The summed E-state index contributed by atoms with van der Waals surface area (Å²) in [7, 11) is 0. The summed E-state index contributed by atoms with van der Waals surface area (Å²) in [6, 6.07) is 4.81. The second-order valence-electron chi connectivity index (χ2n) is 8.19. The molecule has 4 N–H and O–H groups in total. The number of fused-ring (bicyclic) bond motifs is 1. The van der Waals surface area contributed by atoms with Gasteiger partial charge in [0, 0.05) is 25.6 Å². The van der Waals surface area contributed by atoms with Crippen molar-refractivity contribution in [3.63, 3.8) is 0 Å². The fraction of sp³-hybridized carbons (Fsp3) is 0.450. The number of nitrogens with two attached hydrogens (primary N) is 1. The smallest absolute Gasteiger partial charge is 0.414 e. The number of amides is 2. The number of cyclic esters (lactones) is 1. The van der Waals surface area contributed by atoms with Crippen molar-refractivity contribution < 1.29 is 18.7 Å². The minimum absolute atomic E-state index is 0.193. The maximum atomic E-state index is 14.9. The van der Waals surface area contributed by atoms with Gasteiger partial charge in [0.2, 0.25) is 5.91 Å². The average molecular weight is 414 g/mol. The summed E-state index contributed by atoms with van der Waals surface area (Å²) in [6.45, 7) is 3.43. The monoisotopic (exact) mass is 414 g/mol. The Morgan fingerprint density at radius 3 is 2.77 bits per heavy atom. The molecule has 2 saturated heterocycles. The highest BCUT2D eigenvalue weighted by atomic mass is 19.1. The van der Waals surface area contributed by atoms with E-state index in [4.69, 9.17) is 10.5 Å². The average Bonchev–Trinajstić information content (AvgIpc) is 3.10. The zero-order chi connectivity index (χ0) is 21.0. The van der Waals surface area contributed by atoms with E-state index in [0.717, 1.165) is 18.7 Å². The highest BCUT2D eigenvalue weighted by Crippen LogP contribution is 2.59. The van der Waals surface area contributed by atoms with Gasteiger partial charge in [-0.25, -0.2) is 9.18 Å². The number of anilines is 3. The third kappa shape index (κ3) is 3.12. The van der Waals surface area contributed by atoms with Crippen LogP contribution in [0.15, 0.2) is 24.4 Å². The third-order valence-corrected chi connectivity index (χ3v) is 6.29. The van der Waals surface area contributed by atoms with Crippen LogP contribution in [0.3, 0.4) is 0 Å². The Morgan fingerprint density at radius 2 is 2.13 bits per heavy atom. The number of hydrogen-bond donors (Lipinski definition) is 3. The van der Waals surface area contributed by atoms with Crippen molar-refractivity contribution in [1.82, 2.24) is 15.5 Å². The Hall–Kier alpha value is -3.30. The number of nitrogens with zero attached hydrogens (tertiary/aromatic N) is 3. The number of halogens is 1. The van der Waals surface area contributed by atoms with Gasteiger partial charge < -0.3 is 20.7 Å².